The normalized spacial score (nSPS) is 14.2. The summed E-state index contributed by atoms with van der Waals surface area (Å²) >= 11 is 6.05. The van der Waals surface area contributed by atoms with Gasteiger partial charge in [-0.05, 0) is 42.5 Å². The summed E-state index contributed by atoms with van der Waals surface area (Å²) in [6, 6.07) is 13.2. The SMILES string of the molecule is CC(=O)N(CC(=O)N1CCN(c2cccc(Cl)c2)CC1)c1ccc(F)cc1. The van der Waals surface area contributed by atoms with Gasteiger partial charge in [0.05, 0.1) is 0 Å². The van der Waals surface area contributed by atoms with E-state index in [1.807, 2.05) is 24.3 Å². The molecule has 2 aromatic carbocycles. The summed E-state index contributed by atoms with van der Waals surface area (Å²) in [6.45, 7) is 3.87. The minimum Gasteiger partial charge on any atom is -0.368 e. The number of benzene rings is 2. The van der Waals surface area contributed by atoms with Crippen molar-refractivity contribution in [3.63, 3.8) is 0 Å². The third-order valence-electron chi connectivity index (χ3n) is 4.62. The number of nitrogens with zero attached hydrogens (tertiary/aromatic N) is 3. The number of carbonyl (C=O) groups excluding carboxylic acids is 2. The Hall–Kier alpha value is -2.60. The van der Waals surface area contributed by atoms with Gasteiger partial charge in [0.1, 0.15) is 12.4 Å². The van der Waals surface area contributed by atoms with Gasteiger partial charge in [-0.1, -0.05) is 17.7 Å². The molecule has 7 heteroatoms. The Bertz CT molecular complexity index is 820. The molecule has 0 aliphatic carbocycles. The Morgan fingerprint density at radius 1 is 1.07 bits per heavy atom. The van der Waals surface area contributed by atoms with Crippen molar-refractivity contribution >= 4 is 34.8 Å². The number of hydrogen-bond donors (Lipinski definition) is 0. The van der Waals surface area contributed by atoms with E-state index >= 15 is 0 Å². The molecule has 1 aliphatic heterocycles. The van der Waals surface area contributed by atoms with E-state index in [0.717, 1.165) is 5.69 Å². The van der Waals surface area contributed by atoms with Gasteiger partial charge in [-0.15, -0.1) is 0 Å². The van der Waals surface area contributed by atoms with E-state index in [0.29, 0.717) is 36.9 Å². The summed E-state index contributed by atoms with van der Waals surface area (Å²) in [5.74, 6) is -0.765. The maximum absolute atomic E-state index is 13.1. The molecular formula is C20H21ClFN3O2. The van der Waals surface area contributed by atoms with Crippen LogP contribution in [0.15, 0.2) is 48.5 Å². The lowest BCUT2D eigenvalue weighted by Crippen LogP contribution is -2.51. The van der Waals surface area contributed by atoms with Crippen LogP contribution in [-0.4, -0.2) is 49.4 Å². The fourth-order valence-corrected chi connectivity index (χ4v) is 3.31. The van der Waals surface area contributed by atoms with Crippen LogP contribution in [0.1, 0.15) is 6.92 Å². The van der Waals surface area contributed by atoms with E-state index in [2.05, 4.69) is 4.90 Å². The highest BCUT2D eigenvalue weighted by atomic mass is 35.5. The zero-order valence-corrected chi connectivity index (χ0v) is 15.8. The van der Waals surface area contributed by atoms with Gasteiger partial charge < -0.3 is 14.7 Å². The Morgan fingerprint density at radius 2 is 1.74 bits per heavy atom. The minimum absolute atomic E-state index is 0.0574. The summed E-state index contributed by atoms with van der Waals surface area (Å²) in [7, 11) is 0. The lowest BCUT2D eigenvalue weighted by Gasteiger charge is -2.37. The molecule has 0 spiro atoms. The number of amides is 2. The van der Waals surface area contributed by atoms with Crippen molar-refractivity contribution in [2.24, 2.45) is 0 Å². The van der Waals surface area contributed by atoms with Crippen molar-refractivity contribution in [3.8, 4) is 0 Å². The Morgan fingerprint density at radius 3 is 2.33 bits per heavy atom. The van der Waals surface area contributed by atoms with Crippen molar-refractivity contribution in [1.82, 2.24) is 4.90 Å². The van der Waals surface area contributed by atoms with E-state index < -0.39 is 0 Å². The first kappa shape index (κ1) is 19.2. The Kier molecular flexibility index (Phi) is 5.96. The fraction of sp³-hybridized carbons (Fsp3) is 0.300. The van der Waals surface area contributed by atoms with Crippen molar-refractivity contribution in [1.29, 1.82) is 0 Å². The number of anilines is 2. The fourth-order valence-electron chi connectivity index (χ4n) is 3.13. The predicted molar refractivity (Wildman–Crippen MR) is 105 cm³/mol. The Balaban J connectivity index is 1.61. The van der Waals surface area contributed by atoms with Gasteiger partial charge in [0.25, 0.3) is 0 Å². The number of halogens is 2. The van der Waals surface area contributed by atoms with Crippen molar-refractivity contribution in [2.75, 3.05) is 42.5 Å². The van der Waals surface area contributed by atoms with Gasteiger partial charge in [-0.3, -0.25) is 9.59 Å². The lowest BCUT2D eigenvalue weighted by atomic mass is 10.2. The molecular weight excluding hydrogens is 369 g/mol. The van der Waals surface area contributed by atoms with Crippen LogP contribution in [-0.2, 0) is 9.59 Å². The van der Waals surface area contributed by atoms with E-state index in [9.17, 15) is 14.0 Å². The minimum atomic E-state index is -0.384. The molecule has 5 nitrogen and oxygen atoms in total. The summed E-state index contributed by atoms with van der Waals surface area (Å²) < 4.78 is 13.1. The monoisotopic (exact) mass is 389 g/mol. The van der Waals surface area contributed by atoms with E-state index in [4.69, 9.17) is 11.6 Å². The number of carbonyl (C=O) groups is 2. The Labute approximate surface area is 162 Å². The number of piperazine rings is 1. The average molecular weight is 390 g/mol. The highest BCUT2D eigenvalue weighted by molar-refractivity contribution is 6.30. The first-order valence-corrected chi connectivity index (χ1v) is 9.14. The second-order valence-electron chi connectivity index (χ2n) is 6.43. The van der Waals surface area contributed by atoms with Crippen molar-refractivity contribution in [2.45, 2.75) is 6.92 Å². The van der Waals surface area contributed by atoms with Crippen LogP contribution >= 0.6 is 11.6 Å². The highest BCUT2D eigenvalue weighted by Crippen LogP contribution is 2.21. The predicted octanol–water partition coefficient (Wildman–Crippen LogP) is 3.18. The zero-order valence-electron chi connectivity index (χ0n) is 15.1. The molecule has 27 heavy (non-hydrogen) atoms. The molecule has 2 amide bonds. The molecule has 1 fully saturated rings. The molecule has 0 unspecified atom stereocenters. The smallest absolute Gasteiger partial charge is 0.242 e. The molecule has 0 N–H and O–H groups in total. The first-order chi connectivity index (χ1) is 12.9. The average Bonchev–Trinajstić information content (AvgIpc) is 2.67. The van der Waals surface area contributed by atoms with Crippen LogP contribution in [0.2, 0.25) is 5.02 Å². The van der Waals surface area contributed by atoms with Crippen LogP contribution in [0.4, 0.5) is 15.8 Å². The quantitative estimate of drug-likeness (QED) is 0.806. The van der Waals surface area contributed by atoms with Crippen molar-refractivity contribution in [3.05, 3.63) is 59.4 Å². The third kappa shape index (κ3) is 4.77. The third-order valence-corrected chi connectivity index (χ3v) is 4.85. The molecule has 1 saturated heterocycles. The largest absolute Gasteiger partial charge is 0.368 e. The standard InChI is InChI=1S/C20H21ClFN3O2/c1-15(26)25(18-7-5-17(22)6-8-18)14-20(27)24-11-9-23(10-12-24)19-4-2-3-16(21)13-19/h2-8,13H,9-12,14H2,1H3. The van der Waals surface area contributed by atoms with E-state index in [1.54, 1.807) is 4.90 Å². The topological polar surface area (TPSA) is 43.9 Å². The lowest BCUT2D eigenvalue weighted by molar-refractivity contribution is -0.131. The van der Waals surface area contributed by atoms with Crippen LogP contribution in [0, 0.1) is 5.82 Å². The molecule has 142 valence electrons. The van der Waals surface area contributed by atoms with E-state index in [1.165, 1.54) is 36.1 Å². The first-order valence-electron chi connectivity index (χ1n) is 8.76. The van der Waals surface area contributed by atoms with Gasteiger partial charge in [-0.25, -0.2) is 4.39 Å². The van der Waals surface area contributed by atoms with Gasteiger partial charge in [-0.2, -0.15) is 0 Å². The summed E-state index contributed by atoms with van der Waals surface area (Å²) in [5.41, 5.74) is 1.54. The van der Waals surface area contributed by atoms with Gasteiger partial charge in [0.2, 0.25) is 11.8 Å². The number of rotatable bonds is 4. The molecule has 0 atom stereocenters. The summed E-state index contributed by atoms with van der Waals surface area (Å²) in [5, 5.41) is 0.683. The molecule has 2 aromatic rings. The molecule has 3 rings (SSSR count). The molecule has 0 aromatic heterocycles. The van der Waals surface area contributed by atoms with Gasteiger partial charge >= 0.3 is 0 Å². The zero-order chi connectivity index (χ0) is 19.4. The molecule has 0 saturated carbocycles. The van der Waals surface area contributed by atoms with Crippen molar-refractivity contribution < 1.29 is 14.0 Å². The molecule has 1 heterocycles. The van der Waals surface area contributed by atoms with Crippen LogP contribution in [0.25, 0.3) is 0 Å². The molecule has 0 radical (unpaired) electrons. The van der Waals surface area contributed by atoms with Crippen LogP contribution < -0.4 is 9.80 Å². The maximum Gasteiger partial charge on any atom is 0.242 e. The van der Waals surface area contributed by atoms with Crippen LogP contribution in [0.5, 0.6) is 0 Å². The second-order valence-corrected chi connectivity index (χ2v) is 6.87. The van der Waals surface area contributed by atoms with Gasteiger partial charge in [0, 0.05) is 49.5 Å². The summed E-state index contributed by atoms with van der Waals surface area (Å²) in [6.07, 6.45) is 0. The highest BCUT2D eigenvalue weighted by Gasteiger charge is 2.24. The van der Waals surface area contributed by atoms with Crippen LogP contribution in [0.3, 0.4) is 0 Å². The van der Waals surface area contributed by atoms with E-state index in [-0.39, 0.29) is 24.2 Å². The number of hydrogen-bond acceptors (Lipinski definition) is 3. The second kappa shape index (κ2) is 8.39. The maximum atomic E-state index is 13.1. The summed E-state index contributed by atoms with van der Waals surface area (Å²) in [4.78, 5) is 29.9. The molecule has 1 aliphatic rings. The van der Waals surface area contributed by atoms with Gasteiger partial charge in [0.15, 0.2) is 0 Å². The molecule has 0 bridgehead atoms.